The van der Waals surface area contributed by atoms with Gasteiger partial charge in [0.25, 0.3) is 11.5 Å². The summed E-state index contributed by atoms with van der Waals surface area (Å²) in [7, 11) is 0. The molecule has 1 amide bonds. The zero-order chi connectivity index (χ0) is 20.4. The Balaban J connectivity index is 1.51. The summed E-state index contributed by atoms with van der Waals surface area (Å²) in [6.45, 7) is 4.95. The second-order valence-corrected chi connectivity index (χ2v) is 9.02. The number of likely N-dealkylation sites (tertiary alicyclic amines) is 1. The molecule has 0 radical (unpaired) electrons. The van der Waals surface area contributed by atoms with Gasteiger partial charge in [0.15, 0.2) is 4.77 Å². The molecule has 0 saturated carbocycles. The van der Waals surface area contributed by atoms with Gasteiger partial charge in [0, 0.05) is 17.0 Å². The molecule has 1 atom stereocenters. The second kappa shape index (κ2) is 8.61. The van der Waals surface area contributed by atoms with Gasteiger partial charge < -0.3 is 10.3 Å². The maximum atomic E-state index is 12.8. The number of piperidine rings is 1. The molecular weight excluding hydrogens is 404 g/mol. The molecule has 4 rings (SSSR count). The highest BCUT2D eigenvalue weighted by atomic mass is 32.1. The zero-order valence-corrected chi connectivity index (χ0v) is 17.9. The largest absolute Gasteiger partial charge is 0.350 e. The Morgan fingerprint density at radius 1 is 1.31 bits per heavy atom. The molecule has 0 aliphatic carbocycles. The summed E-state index contributed by atoms with van der Waals surface area (Å²) < 4.78 is 0.247. The number of thiophene rings is 1. The Hall–Kier alpha value is -2.29. The van der Waals surface area contributed by atoms with Crippen LogP contribution in [0, 0.1) is 10.7 Å². The molecule has 0 spiro atoms. The van der Waals surface area contributed by atoms with E-state index in [0.29, 0.717) is 23.0 Å². The van der Waals surface area contributed by atoms with Gasteiger partial charge in [0.05, 0.1) is 16.9 Å². The average Bonchev–Trinajstić information content (AvgIpc) is 3.23. The molecule has 3 aromatic rings. The van der Waals surface area contributed by atoms with Crippen molar-refractivity contribution in [3.63, 3.8) is 0 Å². The molecule has 2 aromatic heterocycles. The van der Waals surface area contributed by atoms with E-state index in [1.165, 1.54) is 17.7 Å². The molecule has 3 heterocycles. The number of amides is 1. The SMILES string of the molecule is CC1CCN(C(CNC(=O)c2ccc3c(=O)[nH]c(=S)[nH]c3c2)c2cccs2)CC1. The summed E-state index contributed by atoms with van der Waals surface area (Å²) in [5.74, 6) is 0.606. The first-order valence-electron chi connectivity index (χ1n) is 9.83. The number of rotatable bonds is 5. The number of carbonyl (C=O) groups is 1. The molecule has 6 nitrogen and oxygen atoms in total. The fourth-order valence-corrected chi connectivity index (χ4v) is 4.90. The van der Waals surface area contributed by atoms with E-state index in [2.05, 4.69) is 44.6 Å². The van der Waals surface area contributed by atoms with Crippen LogP contribution in [0.25, 0.3) is 10.9 Å². The summed E-state index contributed by atoms with van der Waals surface area (Å²) in [6, 6.07) is 9.38. The standard InChI is InChI=1S/C21H24N4O2S2/c1-13-6-8-25(9-7-13)17(18-3-2-10-29-18)12-22-19(26)14-4-5-15-16(11-14)23-21(28)24-20(15)27/h2-5,10-11,13,17H,6-9,12H2,1H3,(H,22,26)(H2,23,24,27,28). The Labute approximate surface area is 178 Å². The van der Waals surface area contributed by atoms with Crippen molar-refractivity contribution in [2.45, 2.75) is 25.8 Å². The van der Waals surface area contributed by atoms with Gasteiger partial charge in [-0.15, -0.1) is 11.3 Å². The van der Waals surface area contributed by atoms with E-state index in [1.807, 2.05) is 0 Å². The number of H-pyrrole nitrogens is 2. The highest BCUT2D eigenvalue weighted by Crippen LogP contribution is 2.29. The van der Waals surface area contributed by atoms with Crippen molar-refractivity contribution in [1.29, 1.82) is 0 Å². The van der Waals surface area contributed by atoms with Crippen LogP contribution in [0.2, 0.25) is 0 Å². The van der Waals surface area contributed by atoms with E-state index in [4.69, 9.17) is 12.2 Å². The number of hydrogen-bond donors (Lipinski definition) is 3. The molecular formula is C21H24N4O2S2. The van der Waals surface area contributed by atoms with Gasteiger partial charge in [0.2, 0.25) is 0 Å². The molecule has 1 saturated heterocycles. The topological polar surface area (TPSA) is 81.0 Å². The number of fused-ring (bicyclic) bond motifs is 1. The Morgan fingerprint density at radius 2 is 2.10 bits per heavy atom. The third kappa shape index (κ3) is 4.49. The summed E-state index contributed by atoms with van der Waals surface area (Å²) in [5, 5.41) is 5.65. The third-order valence-corrected chi connectivity index (χ3v) is 6.77. The number of benzene rings is 1. The average molecular weight is 429 g/mol. The van der Waals surface area contributed by atoms with E-state index < -0.39 is 0 Å². The molecule has 152 valence electrons. The van der Waals surface area contributed by atoms with Crippen molar-refractivity contribution in [3.05, 3.63) is 61.3 Å². The van der Waals surface area contributed by atoms with Crippen molar-refractivity contribution < 1.29 is 4.79 Å². The fraction of sp³-hybridized carbons (Fsp3) is 0.381. The number of aromatic nitrogens is 2. The van der Waals surface area contributed by atoms with Crippen molar-refractivity contribution >= 4 is 40.4 Å². The van der Waals surface area contributed by atoms with Gasteiger partial charge in [-0.3, -0.25) is 19.5 Å². The number of carbonyl (C=O) groups excluding carboxylic acids is 1. The predicted octanol–water partition coefficient (Wildman–Crippen LogP) is 3.85. The smallest absolute Gasteiger partial charge is 0.259 e. The Bertz CT molecular complexity index is 1110. The number of hydrogen-bond acceptors (Lipinski definition) is 5. The number of nitrogens with zero attached hydrogens (tertiary/aromatic N) is 1. The highest BCUT2D eigenvalue weighted by Gasteiger charge is 2.26. The summed E-state index contributed by atoms with van der Waals surface area (Å²) >= 11 is 6.76. The molecule has 1 aliphatic rings. The minimum absolute atomic E-state index is 0.154. The molecule has 1 aliphatic heterocycles. The van der Waals surface area contributed by atoms with Gasteiger partial charge in [-0.25, -0.2) is 0 Å². The summed E-state index contributed by atoms with van der Waals surface area (Å²) in [6.07, 6.45) is 2.38. The van der Waals surface area contributed by atoms with Gasteiger partial charge >= 0.3 is 0 Å². The van der Waals surface area contributed by atoms with Gasteiger partial charge in [0.1, 0.15) is 0 Å². The Kier molecular flexibility index (Phi) is 5.94. The molecule has 1 unspecified atom stereocenters. The van der Waals surface area contributed by atoms with Crippen LogP contribution in [-0.2, 0) is 0 Å². The van der Waals surface area contributed by atoms with E-state index in [-0.39, 0.29) is 22.3 Å². The maximum Gasteiger partial charge on any atom is 0.259 e. The van der Waals surface area contributed by atoms with Crippen LogP contribution in [0.1, 0.15) is 41.0 Å². The zero-order valence-electron chi connectivity index (χ0n) is 16.2. The fourth-order valence-electron chi connectivity index (χ4n) is 3.83. The minimum atomic E-state index is -0.257. The quantitative estimate of drug-likeness (QED) is 0.539. The van der Waals surface area contributed by atoms with Gasteiger partial charge in [-0.05, 0) is 73.7 Å². The van der Waals surface area contributed by atoms with Crippen molar-refractivity contribution in [3.8, 4) is 0 Å². The molecule has 3 N–H and O–H groups in total. The lowest BCUT2D eigenvalue weighted by Crippen LogP contribution is -2.41. The lowest BCUT2D eigenvalue weighted by molar-refractivity contribution is 0.0915. The summed E-state index contributed by atoms with van der Waals surface area (Å²) in [4.78, 5) is 34.0. The van der Waals surface area contributed by atoms with Crippen molar-refractivity contribution in [2.75, 3.05) is 19.6 Å². The van der Waals surface area contributed by atoms with Crippen LogP contribution in [0.3, 0.4) is 0 Å². The lowest BCUT2D eigenvalue weighted by atomic mass is 9.97. The van der Waals surface area contributed by atoms with E-state index in [1.54, 1.807) is 29.5 Å². The number of nitrogens with one attached hydrogen (secondary N) is 3. The monoisotopic (exact) mass is 428 g/mol. The summed E-state index contributed by atoms with van der Waals surface area (Å²) in [5.41, 5.74) is 0.810. The Morgan fingerprint density at radius 3 is 2.83 bits per heavy atom. The van der Waals surface area contributed by atoms with E-state index >= 15 is 0 Å². The molecule has 1 fully saturated rings. The third-order valence-electron chi connectivity index (χ3n) is 5.59. The van der Waals surface area contributed by atoms with Crippen molar-refractivity contribution in [1.82, 2.24) is 20.2 Å². The number of aromatic amines is 2. The lowest BCUT2D eigenvalue weighted by Gasteiger charge is -2.36. The normalized spacial score (nSPS) is 16.7. The van der Waals surface area contributed by atoms with Crippen LogP contribution >= 0.6 is 23.6 Å². The minimum Gasteiger partial charge on any atom is -0.350 e. The van der Waals surface area contributed by atoms with Gasteiger partial charge in [-0.2, -0.15) is 0 Å². The van der Waals surface area contributed by atoms with Crippen LogP contribution < -0.4 is 10.9 Å². The molecule has 29 heavy (non-hydrogen) atoms. The highest BCUT2D eigenvalue weighted by molar-refractivity contribution is 7.71. The predicted molar refractivity (Wildman–Crippen MR) is 119 cm³/mol. The van der Waals surface area contributed by atoms with Crippen LogP contribution in [0.4, 0.5) is 0 Å². The van der Waals surface area contributed by atoms with Crippen LogP contribution in [0.15, 0.2) is 40.5 Å². The molecule has 8 heteroatoms. The molecule has 0 bridgehead atoms. The maximum absolute atomic E-state index is 12.8. The van der Waals surface area contributed by atoms with E-state index in [0.717, 1.165) is 19.0 Å². The van der Waals surface area contributed by atoms with Crippen LogP contribution in [-0.4, -0.2) is 40.4 Å². The first-order chi connectivity index (χ1) is 14.0. The first kappa shape index (κ1) is 20.0. The van der Waals surface area contributed by atoms with Crippen molar-refractivity contribution in [2.24, 2.45) is 5.92 Å². The molecule has 1 aromatic carbocycles. The van der Waals surface area contributed by atoms with Crippen LogP contribution in [0.5, 0.6) is 0 Å². The first-order valence-corrected chi connectivity index (χ1v) is 11.1. The van der Waals surface area contributed by atoms with Gasteiger partial charge in [-0.1, -0.05) is 13.0 Å². The van der Waals surface area contributed by atoms with E-state index in [9.17, 15) is 9.59 Å². The second-order valence-electron chi connectivity index (χ2n) is 7.63.